The molecule has 140 valence electrons. The van der Waals surface area contributed by atoms with Crippen molar-refractivity contribution in [3.05, 3.63) is 35.4 Å². The van der Waals surface area contributed by atoms with Crippen molar-refractivity contribution in [1.82, 2.24) is 9.80 Å². The molecule has 0 radical (unpaired) electrons. The van der Waals surface area contributed by atoms with Crippen molar-refractivity contribution in [3.8, 4) is 0 Å². The van der Waals surface area contributed by atoms with E-state index in [9.17, 15) is 9.59 Å². The summed E-state index contributed by atoms with van der Waals surface area (Å²) in [6.45, 7) is 4.11. The number of rotatable bonds is 4. The van der Waals surface area contributed by atoms with Gasteiger partial charge in [0.25, 0.3) is 0 Å². The first kappa shape index (κ1) is 17.5. The Bertz CT molecular complexity index is 688. The average Bonchev–Trinajstić information content (AvgIpc) is 3.28. The molecule has 0 unspecified atom stereocenters. The number of carbonyl (C=O) groups is 2. The van der Waals surface area contributed by atoms with Gasteiger partial charge in [0.05, 0.1) is 5.56 Å². The highest BCUT2D eigenvalue weighted by Crippen LogP contribution is 2.48. The van der Waals surface area contributed by atoms with Crippen molar-refractivity contribution < 1.29 is 14.3 Å². The van der Waals surface area contributed by atoms with E-state index in [-0.39, 0.29) is 17.8 Å². The number of nitrogens with zero attached hydrogens (tertiary/aromatic N) is 2. The number of likely N-dealkylation sites (N-methyl/N-ethyl adjacent to an activating group) is 1. The van der Waals surface area contributed by atoms with Crippen LogP contribution in [-0.4, -0.2) is 54.9 Å². The number of hydrogen-bond donors (Lipinski definition) is 0. The standard InChI is InChI=1S/C21H28N2O3/c1-22(14-15-23-12-4-5-13-23)19(24)16-8-10-21(11-9-16)18-7-3-2-6-17(18)20(25)26-21/h2-3,6-7,16H,4-5,8-15H2,1H3. The second-order valence-electron chi connectivity index (χ2n) is 8.01. The smallest absolute Gasteiger partial charge is 0.339 e. The molecule has 1 aromatic rings. The monoisotopic (exact) mass is 356 g/mol. The zero-order valence-corrected chi connectivity index (χ0v) is 15.6. The molecule has 3 aliphatic rings. The molecular formula is C21H28N2O3. The van der Waals surface area contributed by atoms with Crippen molar-refractivity contribution >= 4 is 11.9 Å². The molecular weight excluding hydrogens is 328 g/mol. The van der Waals surface area contributed by atoms with Crippen molar-refractivity contribution in [1.29, 1.82) is 0 Å². The van der Waals surface area contributed by atoms with Crippen LogP contribution in [0.1, 0.15) is 54.4 Å². The second-order valence-corrected chi connectivity index (χ2v) is 8.01. The average molecular weight is 356 g/mol. The van der Waals surface area contributed by atoms with Gasteiger partial charge in [-0.3, -0.25) is 4.79 Å². The van der Waals surface area contributed by atoms with Gasteiger partial charge in [0, 0.05) is 31.6 Å². The third-order valence-corrected chi connectivity index (χ3v) is 6.39. The molecule has 2 fully saturated rings. The Morgan fingerprint density at radius 1 is 1.23 bits per heavy atom. The number of hydrogen-bond acceptors (Lipinski definition) is 4. The van der Waals surface area contributed by atoms with E-state index < -0.39 is 5.60 Å². The number of likely N-dealkylation sites (tertiary alicyclic amines) is 1. The van der Waals surface area contributed by atoms with Gasteiger partial charge < -0.3 is 14.5 Å². The Balaban J connectivity index is 1.35. The highest BCUT2D eigenvalue weighted by molar-refractivity contribution is 5.94. The second kappa shape index (κ2) is 7.03. The van der Waals surface area contributed by atoms with Crippen molar-refractivity contribution in [2.75, 3.05) is 33.2 Å². The molecule has 1 saturated heterocycles. The summed E-state index contributed by atoms with van der Waals surface area (Å²) in [5, 5.41) is 0. The fourth-order valence-corrected chi connectivity index (χ4v) is 4.77. The molecule has 1 spiro atoms. The number of amides is 1. The minimum Gasteiger partial charge on any atom is -0.451 e. The molecule has 26 heavy (non-hydrogen) atoms. The normalized spacial score (nSPS) is 28.2. The Hall–Kier alpha value is -1.88. The fraction of sp³-hybridized carbons (Fsp3) is 0.619. The molecule has 2 aliphatic heterocycles. The molecule has 0 atom stereocenters. The summed E-state index contributed by atoms with van der Waals surface area (Å²) in [5.74, 6) is 0.0837. The predicted octanol–water partition coefficient (Wildman–Crippen LogP) is 2.80. The van der Waals surface area contributed by atoms with E-state index in [2.05, 4.69) is 4.90 Å². The first-order chi connectivity index (χ1) is 12.6. The lowest BCUT2D eigenvalue weighted by Gasteiger charge is -2.37. The minimum absolute atomic E-state index is 0.0515. The van der Waals surface area contributed by atoms with Crippen LogP contribution >= 0.6 is 0 Å². The van der Waals surface area contributed by atoms with Gasteiger partial charge in [0.1, 0.15) is 5.60 Å². The maximum atomic E-state index is 12.8. The van der Waals surface area contributed by atoms with Crippen LogP contribution in [-0.2, 0) is 15.1 Å². The summed E-state index contributed by atoms with van der Waals surface area (Å²) in [6, 6.07) is 7.69. The quantitative estimate of drug-likeness (QED) is 0.779. The molecule has 5 heteroatoms. The largest absolute Gasteiger partial charge is 0.451 e. The molecule has 2 heterocycles. The van der Waals surface area contributed by atoms with E-state index in [4.69, 9.17) is 4.74 Å². The van der Waals surface area contributed by atoms with Gasteiger partial charge in [-0.1, -0.05) is 18.2 Å². The lowest BCUT2D eigenvalue weighted by Crippen LogP contribution is -2.41. The van der Waals surface area contributed by atoms with Crippen molar-refractivity contribution in [2.24, 2.45) is 5.92 Å². The Morgan fingerprint density at radius 3 is 2.65 bits per heavy atom. The number of fused-ring (bicyclic) bond motifs is 2. The Labute approximate surface area is 155 Å². The van der Waals surface area contributed by atoms with Crippen LogP contribution in [0.4, 0.5) is 0 Å². The lowest BCUT2D eigenvalue weighted by molar-refractivity contribution is -0.137. The van der Waals surface area contributed by atoms with Gasteiger partial charge in [0.15, 0.2) is 0 Å². The highest BCUT2D eigenvalue weighted by atomic mass is 16.6. The predicted molar refractivity (Wildman–Crippen MR) is 98.8 cm³/mol. The zero-order chi connectivity index (χ0) is 18.1. The fourth-order valence-electron chi connectivity index (χ4n) is 4.77. The van der Waals surface area contributed by atoms with Gasteiger partial charge in [-0.2, -0.15) is 0 Å². The van der Waals surface area contributed by atoms with Crippen LogP contribution in [0, 0.1) is 5.92 Å². The summed E-state index contributed by atoms with van der Waals surface area (Å²) in [4.78, 5) is 29.3. The van der Waals surface area contributed by atoms with Crippen LogP contribution in [0.25, 0.3) is 0 Å². The van der Waals surface area contributed by atoms with Crippen LogP contribution in [0.3, 0.4) is 0 Å². The molecule has 1 saturated carbocycles. The molecule has 0 bridgehead atoms. The number of benzene rings is 1. The number of esters is 1. The van der Waals surface area contributed by atoms with E-state index in [1.165, 1.54) is 25.9 Å². The van der Waals surface area contributed by atoms with Crippen molar-refractivity contribution in [2.45, 2.75) is 44.1 Å². The third kappa shape index (κ3) is 3.13. The molecule has 1 amide bonds. The zero-order valence-electron chi connectivity index (χ0n) is 15.6. The summed E-state index contributed by atoms with van der Waals surface area (Å²) in [7, 11) is 1.92. The van der Waals surface area contributed by atoms with Gasteiger partial charge in [-0.15, -0.1) is 0 Å². The summed E-state index contributed by atoms with van der Waals surface area (Å²) >= 11 is 0. The van der Waals surface area contributed by atoms with Crippen LogP contribution in [0.5, 0.6) is 0 Å². The third-order valence-electron chi connectivity index (χ3n) is 6.39. The van der Waals surface area contributed by atoms with E-state index in [0.29, 0.717) is 5.56 Å². The molecule has 1 aliphatic carbocycles. The highest BCUT2D eigenvalue weighted by Gasteiger charge is 2.48. The number of ether oxygens (including phenoxy) is 1. The molecule has 1 aromatic carbocycles. The van der Waals surface area contributed by atoms with E-state index >= 15 is 0 Å². The van der Waals surface area contributed by atoms with Crippen molar-refractivity contribution in [3.63, 3.8) is 0 Å². The van der Waals surface area contributed by atoms with E-state index in [0.717, 1.165) is 44.3 Å². The molecule has 0 N–H and O–H groups in total. The molecule has 5 nitrogen and oxygen atoms in total. The van der Waals surface area contributed by atoms with E-state index in [1.807, 2.05) is 36.2 Å². The van der Waals surface area contributed by atoms with Crippen LogP contribution in [0.15, 0.2) is 24.3 Å². The first-order valence-corrected chi connectivity index (χ1v) is 9.89. The minimum atomic E-state index is -0.501. The lowest BCUT2D eigenvalue weighted by atomic mass is 9.74. The summed E-state index contributed by atoms with van der Waals surface area (Å²) < 4.78 is 5.79. The van der Waals surface area contributed by atoms with Gasteiger partial charge in [-0.25, -0.2) is 4.79 Å². The molecule has 0 aromatic heterocycles. The number of carbonyl (C=O) groups excluding carboxylic acids is 2. The topological polar surface area (TPSA) is 49.9 Å². The maximum absolute atomic E-state index is 12.8. The van der Waals surface area contributed by atoms with Gasteiger partial charge in [0.2, 0.25) is 5.91 Å². The maximum Gasteiger partial charge on any atom is 0.339 e. The van der Waals surface area contributed by atoms with Gasteiger partial charge in [-0.05, 0) is 57.7 Å². The van der Waals surface area contributed by atoms with E-state index in [1.54, 1.807) is 0 Å². The van der Waals surface area contributed by atoms with Gasteiger partial charge >= 0.3 is 5.97 Å². The Kier molecular flexibility index (Phi) is 4.74. The Morgan fingerprint density at radius 2 is 1.92 bits per heavy atom. The first-order valence-electron chi connectivity index (χ1n) is 9.89. The van der Waals surface area contributed by atoms with Crippen LogP contribution < -0.4 is 0 Å². The molecule has 4 rings (SSSR count). The summed E-state index contributed by atoms with van der Waals surface area (Å²) in [6.07, 6.45) is 5.62. The SMILES string of the molecule is CN(CCN1CCCC1)C(=O)C1CCC2(CC1)OC(=O)c1ccccc12. The summed E-state index contributed by atoms with van der Waals surface area (Å²) in [5.41, 5.74) is 1.21. The van der Waals surface area contributed by atoms with Crippen LogP contribution in [0.2, 0.25) is 0 Å².